The van der Waals surface area contributed by atoms with E-state index in [1.54, 1.807) is 26.4 Å². The summed E-state index contributed by atoms with van der Waals surface area (Å²) in [5.41, 5.74) is 1.08. The average Bonchev–Trinajstić information content (AvgIpc) is 3.22. The third-order valence-corrected chi connectivity index (χ3v) is 3.74. The summed E-state index contributed by atoms with van der Waals surface area (Å²) < 4.78 is 16.4. The van der Waals surface area contributed by atoms with Crippen molar-refractivity contribution in [1.82, 2.24) is 4.98 Å². The van der Waals surface area contributed by atoms with Crippen molar-refractivity contribution >= 4 is 5.88 Å². The Balaban J connectivity index is 2.00. The maximum Gasteiger partial charge on any atom is 0.235 e. The Morgan fingerprint density at radius 1 is 1.18 bits per heavy atom. The van der Waals surface area contributed by atoms with Crippen LogP contribution in [0, 0.1) is 11.3 Å². The van der Waals surface area contributed by atoms with Gasteiger partial charge in [0.25, 0.3) is 0 Å². The number of hydrogen-bond donors (Lipinski definition) is 0. The minimum absolute atomic E-state index is 0.326. The highest BCUT2D eigenvalue weighted by Gasteiger charge is 2.23. The monoisotopic (exact) mass is 299 g/mol. The first kappa shape index (κ1) is 14.3. The van der Waals surface area contributed by atoms with Gasteiger partial charge < -0.3 is 18.8 Å². The molecule has 0 saturated carbocycles. The largest absolute Gasteiger partial charge is 0.493 e. The van der Waals surface area contributed by atoms with Gasteiger partial charge in [-0.1, -0.05) is 0 Å². The minimum atomic E-state index is 0.326. The van der Waals surface area contributed by atoms with Gasteiger partial charge in [0.05, 0.1) is 14.2 Å². The van der Waals surface area contributed by atoms with Crippen LogP contribution in [-0.2, 0) is 0 Å². The molecule has 2 aromatic rings. The second-order valence-electron chi connectivity index (χ2n) is 5.05. The third-order valence-electron chi connectivity index (χ3n) is 3.74. The molecule has 22 heavy (non-hydrogen) atoms. The van der Waals surface area contributed by atoms with Gasteiger partial charge >= 0.3 is 0 Å². The number of methoxy groups -OCH3 is 2. The molecule has 3 rings (SSSR count). The lowest BCUT2D eigenvalue weighted by Gasteiger charge is -2.12. The van der Waals surface area contributed by atoms with E-state index in [9.17, 15) is 5.26 Å². The topological polar surface area (TPSA) is 71.5 Å². The SMILES string of the molecule is COc1ccc(-c2nc(C#N)c(N3CCCC3)o2)cc1OC. The molecule has 0 amide bonds. The fraction of sp³-hybridized carbons (Fsp3) is 0.375. The Bertz CT molecular complexity index is 712. The van der Waals surface area contributed by atoms with Crippen molar-refractivity contribution in [2.75, 3.05) is 32.2 Å². The lowest BCUT2D eigenvalue weighted by Crippen LogP contribution is -2.17. The number of anilines is 1. The number of nitriles is 1. The van der Waals surface area contributed by atoms with Crippen molar-refractivity contribution < 1.29 is 13.9 Å². The van der Waals surface area contributed by atoms with Gasteiger partial charge in [0.15, 0.2) is 11.5 Å². The highest BCUT2D eigenvalue weighted by Crippen LogP contribution is 2.35. The number of nitrogens with zero attached hydrogens (tertiary/aromatic N) is 3. The molecule has 2 heterocycles. The summed E-state index contributed by atoms with van der Waals surface area (Å²) >= 11 is 0. The van der Waals surface area contributed by atoms with Crippen LogP contribution in [0.2, 0.25) is 0 Å². The molecule has 6 nitrogen and oxygen atoms in total. The zero-order valence-corrected chi connectivity index (χ0v) is 12.6. The van der Waals surface area contributed by atoms with Crippen molar-refractivity contribution in [3.05, 3.63) is 23.9 Å². The smallest absolute Gasteiger partial charge is 0.235 e. The normalized spacial score (nSPS) is 14.0. The summed E-state index contributed by atoms with van der Waals surface area (Å²) in [6.07, 6.45) is 2.22. The van der Waals surface area contributed by atoms with E-state index in [2.05, 4.69) is 16.0 Å². The van der Waals surface area contributed by atoms with Crippen molar-refractivity contribution in [2.24, 2.45) is 0 Å². The van der Waals surface area contributed by atoms with Gasteiger partial charge in [-0.05, 0) is 31.0 Å². The lowest BCUT2D eigenvalue weighted by atomic mass is 10.2. The van der Waals surface area contributed by atoms with E-state index in [-0.39, 0.29) is 0 Å². The molecule has 0 spiro atoms. The predicted molar refractivity (Wildman–Crippen MR) is 81.2 cm³/mol. The zero-order valence-electron chi connectivity index (χ0n) is 12.6. The first-order valence-electron chi connectivity index (χ1n) is 7.15. The van der Waals surface area contributed by atoms with Gasteiger partial charge in [-0.2, -0.15) is 10.2 Å². The number of benzene rings is 1. The van der Waals surface area contributed by atoms with Crippen LogP contribution in [0.5, 0.6) is 11.5 Å². The van der Waals surface area contributed by atoms with E-state index in [0.717, 1.165) is 31.5 Å². The van der Waals surface area contributed by atoms with E-state index in [1.807, 2.05) is 6.07 Å². The van der Waals surface area contributed by atoms with Gasteiger partial charge in [0.1, 0.15) is 6.07 Å². The van der Waals surface area contributed by atoms with Gasteiger partial charge in [-0.15, -0.1) is 0 Å². The molecule has 1 saturated heterocycles. The van der Waals surface area contributed by atoms with Crippen LogP contribution < -0.4 is 14.4 Å². The fourth-order valence-electron chi connectivity index (χ4n) is 2.61. The van der Waals surface area contributed by atoms with Crippen molar-refractivity contribution in [3.8, 4) is 29.0 Å². The van der Waals surface area contributed by atoms with Crippen LogP contribution >= 0.6 is 0 Å². The van der Waals surface area contributed by atoms with Crippen LogP contribution in [0.15, 0.2) is 22.6 Å². The summed E-state index contributed by atoms with van der Waals surface area (Å²) in [6, 6.07) is 7.53. The first-order chi connectivity index (χ1) is 10.8. The minimum Gasteiger partial charge on any atom is -0.493 e. The third kappa shape index (κ3) is 2.46. The molecule has 114 valence electrons. The molecule has 0 N–H and O–H groups in total. The van der Waals surface area contributed by atoms with Crippen LogP contribution in [0.3, 0.4) is 0 Å². The maximum absolute atomic E-state index is 9.28. The van der Waals surface area contributed by atoms with E-state index in [4.69, 9.17) is 13.9 Å². The Hall–Kier alpha value is -2.68. The zero-order chi connectivity index (χ0) is 15.5. The standard InChI is InChI=1S/C16H17N3O3/c1-20-13-6-5-11(9-14(13)21-2)15-18-12(10-17)16(22-15)19-7-3-4-8-19/h5-6,9H,3-4,7-8H2,1-2H3. The second-order valence-corrected chi connectivity index (χ2v) is 5.05. The van der Waals surface area contributed by atoms with Gasteiger partial charge in [-0.25, -0.2) is 0 Å². The molecule has 1 aromatic heterocycles. The maximum atomic E-state index is 9.28. The molecular formula is C16H17N3O3. The summed E-state index contributed by atoms with van der Waals surface area (Å²) in [6.45, 7) is 1.80. The number of ether oxygens (including phenoxy) is 2. The van der Waals surface area contributed by atoms with E-state index >= 15 is 0 Å². The second kappa shape index (κ2) is 5.98. The molecule has 1 aliphatic rings. The number of aromatic nitrogens is 1. The Kier molecular flexibility index (Phi) is 3.88. The Morgan fingerprint density at radius 2 is 1.91 bits per heavy atom. The summed E-state index contributed by atoms with van der Waals surface area (Å²) in [7, 11) is 3.16. The molecule has 0 radical (unpaired) electrons. The summed E-state index contributed by atoms with van der Waals surface area (Å²) in [4.78, 5) is 6.37. The summed E-state index contributed by atoms with van der Waals surface area (Å²) in [5, 5.41) is 9.28. The number of hydrogen-bond acceptors (Lipinski definition) is 6. The van der Waals surface area contributed by atoms with Gasteiger partial charge in [0, 0.05) is 18.7 Å². The molecule has 1 fully saturated rings. The molecule has 1 aliphatic heterocycles. The first-order valence-corrected chi connectivity index (χ1v) is 7.15. The van der Waals surface area contributed by atoms with Gasteiger partial charge in [0.2, 0.25) is 17.5 Å². The van der Waals surface area contributed by atoms with Crippen LogP contribution in [-0.4, -0.2) is 32.3 Å². The number of oxazole rings is 1. The van der Waals surface area contributed by atoms with Crippen LogP contribution in [0.1, 0.15) is 18.5 Å². The Morgan fingerprint density at radius 3 is 2.55 bits per heavy atom. The van der Waals surface area contributed by atoms with E-state index in [0.29, 0.717) is 29.0 Å². The van der Waals surface area contributed by atoms with Crippen molar-refractivity contribution in [1.29, 1.82) is 5.26 Å². The number of rotatable bonds is 4. The molecule has 0 bridgehead atoms. The Labute approximate surface area is 128 Å². The molecule has 1 aromatic carbocycles. The van der Waals surface area contributed by atoms with Crippen molar-refractivity contribution in [2.45, 2.75) is 12.8 Å². The molecule has 0 atom stereocenters. The lowest BCUT2D eigenvalue weighted by molar-refractivity contribution is 0.355. The molecular weight excluding hydrogens is 282 g/mol. The van der Waals surface area contributed by atoms with Crippen LogP contribution in [0.4, 0.5) is 5.88 Å². The van der Waals surface area contributed by atoms with Gasteiger partial charge in [-0.3, -0.25) is 0 Å². The van der Waals surface area contributed by atoms with Crippen LogP contribution in [0.25, 0.3) is 11.5 Å². The average molecular weight is 299 g/mol. The van der Waals surface area contributed by atoms with E-state index < -0.39 is 0 Å². The highest BCUT2D eigenvalue weighted by atomic mass is 16.5. The predicted octanol–water partition coefficient (Wildman–Crippen LogP) is 2.83. The van der Waals surface area contributed by atoms with E-state index in [1.165, 1.54) is 0 Å². The quantitative estimate of drug-likeness (QED) is 0.864. The molecule has 0 aliphatic carbocycles. The fourth-order valence-corrected chi connectivity index (χ4v) is 2.61. The molecule has 0 unspecified atom stereocenters. The summed E-state index contributed by atoms with van der Waals surface area (Å²) in [5.74, 6) is 2.21. The molecule has 6 heteroatoms. The van der Waals surface area contributed by atoms with Crippen molar-refractivity contribution in [3.63, 3.8) is 0 Å². The highest BCUT2D eigenvalue weighted by molar-refractivity contribution is 5.63.